The lowest BCUT2D eigenvalue weighted by Crippen LogP contribution is -2.11. The van der Waals surface area contributed by atoms with Gasteiger partial charge in [-0.3, -0.25) is 0 Å². The second-order valence-corrected chi connectivity index (χ2v) is 4.60. The molecule has 0 saturated carbocycles. The van der Waals surface area contributed by atoms with Gasteiger partial charge < -0.3 is 10.1 Å². The summed E-state index contributed by atoms with van der Waals surface area (Å²) in [5.74, 6) is 0.835. The van der Waals surface area contributed by atoms with E-state index in [1.165, 1.54) is 11.3 Å². The number of rotatable bonds is 5. The summed E-state index contributed by atoms with van der Waals surface area (Å²) in [6, 6.07) is 7.77. The Hall–Kier alpha value is -1.64. The van der Waals surface area contributed by atoms with E-state index in [1.807, 2.05) is 25.2 Å². The summed E-state index contributed by atoms with van der Waals surface area (Å²) >= 11 is 1.39. The molecule has 1 N–H and O–H groups in total. The zero-order valence-corrected chi connectivity index (χ0v) is 10.4. The van der Waals surface area contributed by atoms with Crippen LogP contribution in [0.25, 0.3) is 10.2 Å². The predicted molar refractivity (Wildman–Crippen MR) is 68.4 cm³/mol. The molecule has 1 aromatic heterocycles. The van der Waals surface area contributed by atoms with Crippen molar-refractivity contribution < 1.29 is 4.74 Å². The zero-order chi connectivity index (χ0) is 12.1. The maximum Gasteiger partial charge on any atom is 0.195 e. The highest BCUT2D eigenvalue weighted by molar-refractivity contribution is 7.19. The van der Waals surface area contributed by atoms with E-state index in [1.54, 1.807) is 0 Å². The number of nitrogens with zero attached hydrogens (tertiary/aromatic N) is 2. The molecule has 0 aliphatic heterocycles. The molecule has 17 heavy (non-hydrogen) atoms. The molecule has 0 atom stereocenters. The van der Waals surface area contributed by atoms with Crippen molar-refractivity contribution in [3.63, 3.8) is 0 Å². The fraction of sp³-hybridized carbons (Fsp3) is 0.333. The summed E-state index contributed by atoms with van der Waals surface area (Å²) in [6.07, 6.45) is 0.973. The summed E-state index contributed by atoms with van der Waals surface area (Å²) in [6.45, 7) is 1.64. The third-order valence-electron chi connectivity index (χ3n) is 2.30. The minimum atomic E-state index is 0.493. The summed E-state index contributed by atoms with van der Waals surface area (Å²) < 4.78 is 6.61. The molecule has 2 rings (SSSR count). The number of fused-ring (bicyclic) bond motifs is 1. The highest BCUT2D eigenvalue weighted by Crippen LogP contribution is 2.25. The Morgan fingerprint density at radius 2 is 2.41 bits per heavy atom. The molecule has 0 aliphatic rings. The van der Waals surface area contributed by atoms with E-state index in [0.29, 0.717) is 11.6 Å². The molecule has 0 spiro atoms. The molecule has 5 heteroatoms. The number of thiazole rings is 1. The lowest BCUT2D eigenvalue weighted by atomic mass is 10.3. The largest absolute Gasteiger partial charge is 0.493 e. The van der Waals surface area contributed by atoms with E-state index in [-0.39, 0.29) is 0 Å². The van der Waals surface area contributed by atoms with Crippen LogP contribution in [0.4, 0.5) is 0 Å². The van der Waals surface area contributed by atoms with Crippen molar-refractivity contribution in [1.29, 1.82) is 5.26 Å². The van der Waals surface area contributed by atoms with Crippen LogP contribution in [0.2, 0.25) is 0 Å². The molecule has 0 radical (unpaired) electrons. The van der Waals surface area contributed by atoms with Crippen molar-refractivity contribution in [1.82, 2.24) is 10.3 Å². The van der Waals surface area contributed by atoms with Gasteiger partial charge in [0.2, 0.25) is 0 Å². The van der Waals surface area contributed by atoms with E-state index < -0.39 is 0 Å². The Morgan fingerprint density at radius 1 is 1.53 bits per heavy atom. The van der Waals surface area contributed by atoms with Crippen LogP contribution < -0.4 is 10.1 Å². The van der Waals surface area contributed by atoms with Gasteiger partial charge in [0.15, 0.2) is 5.01 Å². The van der Waals surface area contributed by atoms with Gasteiger partial charge in [0.1, 0.15) is 11.8 Å². The normalized spacial score (nSPS) is 10.4. The van der Waals surface area contributed by atoms with Gasteiger partial charge in [0, 0.05) is 0 Å². The van der Waals surface area contributed by atoms with Crippen molar-refractivity contribution in [2.24, 2.45) is 0 Å². The van der Waals surface area contributed by atoms with Crippen molar-refractivity contribution in [3.8, 4) is 11.8 Å². The molecule has 0 saturated heterocycles. The first kappa shape index (κ1) is 11.8. The molecule has 0 amide bonds. The first-order chi connectivity index (χ1) is 8.33. The van der Waals surface area contributed by atoms with Crippen LogP contribution in [0.15, 0.2) is 18.2 Å². The third-order valence-corrected chi connectivity index (χ3v) is 3.22. The fourth-order valence-corrected chi connectivity index (χ4v) is 2.27. The number of hydrogen-bond acceptors (Lipinski definition) is 5. The van der Waals surface area contributed by atoms with Gasteiger partial charge in [-0.2, -0.15) is 5.26 Å². The average Bonchev–Trinajstić information content (AvgIpc) is 2.77. The number of ether oxygens (including phenoxy) is 1. The predicted octanol–water partition coefficient (Wildman–Crippen LogP) is 2.16. The molecule has 1 heterocycles. The summed E-state index contributed by atoms with van der Waals surface area (Å²) in [5.41, 5.74) is 0.856. The third kappa shape index (κ3) is 2.93. The molecule has 0 fully saturated rings. The first-order valence-electron chi connectivity index (χ1n) is 5.41. The Morgan fingerprint density at radius 3 is 3.18 bits per heavy atom. The van der Waals surface area contributed by atoms with E-state index in [4.69, 9.17) is 10.00 Å². The molecule has 1 aromatic carbocycles. The molecule has 88 valence electrons. The molecule has 0 bridgehead atoms. The summed E-state index contributed by atoms with van der Waals surface area (Å²) in [7, 11) is 1.92. The maximum absolute atomic E-state index is 8.77. The first-order valence-corrected chi connectivity index (χ1v) is 6.23. The lowest BCUT2D eigenvalue weighted by Gasteiger charge is -2.05. The molecule has 4 nitrogen and oxygen atoms in total. The van der Waals surface area contributed by atoms with Crippen molar-refractivity contribution in [3.05, 3.63) is 23.2 Å². The molecule has 2 aromatic rings. The number of nitrogens with one attached hydrogen (secondary N) is 1. The zero-order valence-electron chi connectivity index (χ0n) is 9.56. The van der Waals surface area contributed by atoms with Gasteiger partial charge in [0.05, 0.1) is 16.8 Å². The van der Waals surface area contributed by atoms with Gasteiger partial charge in [0.25, 0.3) is 0 Å². The number of benzene rings is 1. The summed E-state index contributed by atoms with van der Waals surface area (Å²) in [4.78, 5) is 4.17. The second-order valence-electron chi connectivity index (χ2n) is 3.57. The van der Waals surface area contributed by atoms with E-state index in [0.717, 1.165) is 28.9 Å². The number of hydrogen-bond donors (Lipinski definition) is 1. The topological polar surface area (TPSA) is 57.9 Å². The van der Waals surface area contributed by atoms with Crippen LogP contribution in [-0.4, -0.2) is 25.2 Å². The molecular formula is C12H13N3OS. The van der Waals surface area contributed by atoms with Crippen LogP contribution in [0, 0.1) is 11.3 Å². The Bertz CT molecular complexity index is 544. The van der Waals surface area contributed by atoms with E-state index >= 15 is 0 Å². The average molecular weight is 247 g/mol. The van der Waals surface area contributed by atoms with Crippen LogP contribution in [0.3, 0.4) is 0 Å². The SMILES string of the molecule is CNCCCOc1ccc2nc(C#N)sc2c1. The molecule has 0 aliphatic carbocycles. The van der Waals surface area contributed by atoms with E-state index in [9.17, 15) is 0 Å². The fourth-order valence-electron chi connectivity index (χ4n) is 1.48. The Balaban J connectivity index is 2.06. The molecule has 0 unspecified atom stereocenters. The minimum absolute atomic E-state index is 0.493. The van der Waals surface area contributed by atoms with Crippen molar-refractivity contribution >= 4 is 21.6 Å². The standard InChI is InChI=1S/C12H13N3OS/c1-14-5-2-6-16-9-3-4-10-11(7-9)17-12(8-13)15-10/h3-4,7,14H,2,5-6H2,1H3. The van der Waals surface area contributed by atoms with Crippen LogP contribution >= 0.6 is 11.3 Å². The minimum Gasteiger partial charge on any atom is -0.493 e. The van der Waals surface area contributed by atoms with Gasteiger partial charge in [-0.05, 0) is 38.2 Å². The number of aromatic nitrogens is 1. The monoisotopic (exact) mass is 247 g/mol. The Kier molecular flexibility index (Phi) is 3.91. The quantitative estimate of drug-likeness (QED) is 0.822. The van der Waals surface area contributed by atoms with Gasteiger partial charge in [-0.15, -0.1) is 11.3 Å². The Labute approximate surface area is 104 Å². The van der Waals surface area contributed by atoms with E-state index in [2.05, 4.69) is 16.4 Å². The van der Waals surface area contributed by atoms with Gasteiger partial charge in [-0.1, -0.05) is 0 Å². The lowest BCUT2D eigenvalue weighted by molar-refractivity contribution is 0.310. The highest BCUT2D eigenvalue weighted by Gasteiger charge is 2.04. The summed E-state index contributed by atoms with van der Waals surface area (Å²) in [5, 5.41) is 12.3. The maximum atomic E-state index is 8.77. The van der Waals surface area contributed by atoms with Gasteiger partial charge >= 0.3 is 0 Å². The molecular weight excluding hydrogens is 234 g/mol. The smallest absolute Gasteiger partial charge is 0.195 e. The van der Waals surface area contributed by atoms with Crippen LogP contribution in [0.1, 0.15) is 11.4 Å². The second kappa shape index (κ2) is 5.62. The van der Waals surface area contributed by atoms with Crippen molar-refractivity contribution in [2.75, 3.05) is 20.2 Å². The van der Waals surface area contributed by atoms with Crippen LogP contribution in [-0.2, 0) is 0 Å². The number of nitriles is 1. The van der Waals surface area contributed by atoms with Crippen molar-refractivity contribution in [2.45, 2.75) is 6.42 Å². The highest BCUT2D eigenvalue weighted by atomic mass is 32.1. The van der Waals surface area contributed by atoms with Crippen LogP contribution in [0.5, 0.6) is 5.75 Å². The van der Waals surface area contributed by atoms with Gasteiger partial charge in [-0.25, -0.2) is 4.98 Å².